The van der Waals surface area contributed by atoms with Crippen LogP contribution in [0.4, 0.5) is 4.39 Å². The Bertz CT molecular complexity index is 237. The number of halogens is 2. The maximum atomic E-state index is 12.0. The maximum Gasteiger partial charge on any atom is 0.135 e. The smallest absolute Gasteiger partial charge is 0.135 e. The van der Waals surface area contributed by atoms with Gasteiger partial charge in [-0.2, -0.15) is 0 Å². The SMILES string of the molecule is Cc1ccc(CF)c(Cl)n1. The average Bonchev–Trinajstić information content (AvgIpc) is 1.88. The van der Waals surface area contributed by atoms with Gasteiger partial charge in [0.1, 0.15) is 11.8 Å². The molecule has 10 heavy (non-hydrogen) atoms. The Balaban J connectivity index is 3.07. The van der Waals surface area contributed by atoms with Crippen molar-refractivity contribution in [2.24, 2.45) is 0 Å². The molecule has 0 aliphatic rings. The van der Waals surface area contributed by atoms with E-state index in [-0.39, 0.29) is 5.15 Å². The van der Waals surface area contributed by atoms with Gasteiger partial charge in [-0.1, -0.05) is 17.7 Å². The molecule has 0 N–H and O–H groups in total. The minimum atomic E-state index is -0.549. The van der Waals surface area contributed by atoms with Crippen molar-refractivity contribution in [2.75, 3.05) is 0 Å². The Kier molecular flexibility index (Phi) is 2.22. The van der Waals surface area contributed by atoms with Crippen LogP contribution in [0.5, 0.6) is 0 Å². The third-order valence-electron chi connectivity index (χ3n) is 1.21. The van der Waals surface area contributed by atoms with E-state index in [2.05, 4.69) is 4.98 Å². The summed E-state index contributed by atoms with van der Waals surface area (Å²) in [6, 6.07) is 3.38. The van der Waals surface area contributed by atoms with Gasteiger partial charge in [0.05, 0.1) is 0 Å². The van der Waals surface area contributed by atoms with Crippen molar-refractivity contribution in [1.82, 2.24) is 4.98 Å². The van der Waals surface area contributed by atoms with Gasteiger partial charge in [0.15, 0.2) is 0 Å². The third kappa shape index (κ3) is 1.45. The second-order valence-electron chi connectivity index (χ2n) is 2.04. The van der Waals surface area contributed by atoms with E-state index in [0.717, 1.165) is 5.69 Å². The van der Waals surface area contributed by atoms with Gasteiger partial charge < -0.3 is 0 Å². The molecule has 3 heteroatoms. The number of hydrogen-bond acceptors (Lipinski definition) is 1. The molecule has 1 nitrogen and oxygen atoms in total. The van der Waals surface area contributed by atoms with Crippen LogP contribution in [0.15, 0.2) is 12.1 Å². The Morgan fingerprint density at radius 2 is 2.30 bits per heavy atom. The van der Waals surface area contributed by atoms with Gasteiger partial charge in [-0.3, -0.25) is 0 Å². The predicted molar refractivity (Wildman–Crippen MR) is 38.8 cm³/mol. The van der Waals surface area contributed by atoms with Crippen molar-refractivity contribution >= 4 is 11.6 Å². The molecule has 1 aromatic heterocycles. The van der Waals surface area contributed by atoms with Crippen molar-refractivity contribution < 1.29 is 4.39 Å². The fourth-order valence-corrected chi connectivity index (χ4v) is 0.900. The number of alkyl halides is 1. The minimum absolute atomic E-state index is 0.266. The number of aromatic nitrogens is 1. The van der Waals surface area contributed by atoms with Crippen molar-refractivity contribution in [3.63, 3.8) is 0 Å². The molecule has 0 aliphatic heterocycles. The van der Waals surface area contributed by atoms with Crippen LogP contribution in [0, 0.1) is 6.92 Å². The minimum Gasteiger partial charge on any atom is -0.246 e. The number of hydrogen-bond donors (Lipinski definition) is 0. The van der Waals surface area contributed by atoms with Gasteiger partial charge in [-0.25, -0.2) is 9.37 Å². The molecule has 0 bridgehead atoms. The summed E-state index contributed by atoms with van der Waals surface area (Å²) < 4.78 is 12.0. The molecule has 0 spiro atoms. The molecular weight excluding hydrogens is 153 g/mol. The molecule has 0 aromatic carbocycles. The summed E-state index contributed by atoms with van der Waals surface area (Å²) in [5, 5.41) is 0.266. The molecule has 0 fully saturated rings. The molecule has 1 heterocycles. The Hall–Kier alpha value is -0.630. The van der Waals surface area contributed by atoms with Crippen molar-refractivity contribution in [2.45, 2.75) is 13.6 Å². The van der Waals surface area contributed by atoms with Gasteiger partial charge in [0.25, 0.3) is 0 Å². The van der Waals surface area contributed by atoms with Gasteiger partial charge in [0, 0.05) is 11.3 Å². The van der Waals surface area contributed by atoms with E-state index in [1.165, 1.54) is 0 Å². The number of pyridine rings is 1. The Labute approximate surface area is 63.8 Å². The summed E-state index contributed by atoms with van der Waals surface area (Å²) in [4.78, 5) is 3.87. The quantitative estimate of drug-likeness (QED) is 0.574. The van der Waals surface area contributed by atoms with Gasteiger partial charge in [-0.15, -0.1) is 0 Å². The molecule has 0 atom stereocenters. The van der Waals surface area contributed by atoms with Crippen molar-refractivity contribution in [3.05, 3.63) is 28.5 Å². The molecule has 1 rings (SSSR count). The van der Waals surface area contributed by atoms with E-state index in [4.69, 9.17) is 11.6 Å². The van der Waals surface area contributed by atoms with Gasteiger partial charge in [-0.05, 0) is 13.0 Å². The van der Waals surface area contributed by atoms with Crippen LogP contribution >= 0.6 is 11.6 Å². The first-order chi connectivity index (χ1) is 4.74. The van der Waals surface area contributed by atoms with Crippen LogP contribution in [-0.4, -0.2) is 4.98 Å². The molecule has 0 saturated carbocycles. The number of aryl methyl sites for hydroxylation is 1. The standard InChI is InChI=1S/C7H7ClFN/c1-5-2-3-6(4-9)7(8)10-5/h2-3H,4H2,1H3. The molecule has 0 unspecified atom stereocenters. The van der Waals surface area contributed by atoms with Crippen LogP contribution in [0.2, 0.25) is 5.15 Å². The fraction of sp³-hybridized carbons (Fsp3) is 0.286. The second-order valence-corrected chi connectivity index (χ2v) is 2.39. The summed E-state index contributed by atoms with van der Waals surface area (Å²) in [5.41, 5.74) is 1.26. The highest BCUT2D eigenvalue weighted by Crippen LogP contribution is 2.13. The van der Waals surface area contributed by atoms with Crippen LogP contribution in [0.3, 0.4) is 0 Å². The van der Waals surface area contributed by atoms with Crippen LogP contribution in [0.25, 0.3) is 0 Å². The van der Waals surface area contributed by atoms with E-state index in [1.807, 2.05) is 6.92 Å². The molecule has 0 saturated heterocycles. The fourth-order valence-electron chi connectivity index (χ4n) is 0.654. The monoisotopic (exact) mass is 159 g/mol. The molecule has 0 radical (unpaired) electrons. The largest absolute Gasteiger partial charge is 0.246 e. The topological polar surface area (TPSA) is 12.9 Å². The summed E-state index contributed by atoms with van der Waals surface area (Å²) in [7, 11) is 0. The van der Waals surface area contributed by atoms with Crippen molar-refractivity contribution in [1.29, 1.82) is 0 Å². The third-order valence-corrected chi connectivity index (χ3v) is 1.54. The second kappa shape index (κ2) is 2.97. The van der Waals surface area contributed by atoms with Crippen molar-refractivity contribution in [3.8, 4) is 0 Å². The first kappa shape index (κ1) is 7.48. The van der Waals surface area contributed by atoms with Crippen LogP contribution in [-0.2, 0) is 6.67 Å². The van der Waals surface area contributed by atoms with Gasteiger partial charge in [0.2, 0.25) is 0 Å². The lowest BCUT2D eigenvalue weighted by Gasteiger charge is -1.97. The first-order valence-corrected chi connectivity index (χ1v) is 3.30. The number of rotatable bonds is 1. The van der Waals surface area contributed by atoms with Crippen LogP contribution in [0.1, 0.15) is 11.3 Å². The molecule has 0 amide bonds. The Morgan fingerprint density at radius 3 is 2.80 bits per heavy atom. The molecular formula is C7H7ClFN. The summed E-state index contributed by atoms with van der Waals surface area (Å²) in [6.07, 6.45) is 0. The molecule has 1 aromatic rings. The number of nitrogens with zero attached hydrogens (tertiary/aromatic N) is 1. The maximum absolute atomic E-state index is 12.0. The van der Waals surface area contributed by atoms with E-state index < -0.39 is 6.67 Å². The zero-order valence-electron chi connectivity index (χ0n) is 5.56. The van der Waals surface area contributed by atoms with E-state index in [9.17, 15) is 4.39 Å². The highest BCUT2D eigenvalue weighted by Gasteiger charge is 1.99. The summed E-state index contributed by atoms with van der Waals surface area (Å²) in [5.74, 6) is 0. The van der Waals surface area contributed by atoms with E-state index >= 15 is 0 Å². The first-order valence-electron chi connectivity index (χ1n) is 2.92. The van der Waals surface area contributed by atoms with E-state index in [1.54, 1.807) is 12.1 Å². The molecule has 0 aliphatic carbocycles. The lowest BCUT2D eigenvalue weighted by Crippen LogP contribution is -1.86. The zero-order valence-corrected chi connectivity index (χ0v) is 6.32. The van der Waals surface area contributed by atoms with Gasteiger partial charge >= 0.3 is 0 Å². The normalized spacial score (nSPS) is 9.90. The predicted octanol–water partition coefficient (Wildman–Crippen LogP) is 2.51. The average molecular weight is 160 g/mol. The lowest BCUT2D eigenvalue weighted by molar-refractivity contribution is 0.484. The highest BCUT2D eigenvalue weighted by atomic mass is 35.5. The summed E-state index contributed by atoms with van der Waals surface area (Å²) >= 11 is 5.58. The molecule has 54 valence electrons. The Morgan fingerprint density at radius 1 is 1.60 bits per heavy atom. The van der Waals surface area contributed by atoms with E-state index in [0.29, 0.717) is 5.56 Å². The van der Waals surface area contributed by atoms with Crippen LogP contribution < -0.4 is 0 Å². The zero-order chi connectivity index (χ0) is 7.56. The lowest BCUT2D eigenvalue weighted by atomic mass is 10.3. The highest BCUT2D eigenvalue weighted by molar-refractivity contribution is 6.30. The summed E-state index contributed by atoms with van der Waals surface area (Å²) in [6.45, 7) is 1.26.